The number of hydrogen-bond acceptors (Lipinski definition) is 1. The first kappa shape index (κ1) is 12.5. The molecule has 1 amide bonds. The van der Waals surface area contributed by atoms with Crippen molar-refractivity contribution in [2.45, 2.75) is 50.4 Å². The van der Waals surface area contributed by atoms with Crippen LogP contribution < -0.4 is 0 Å². The fraction of sp³-hybridized carbons (Fsp3) is 0.750. The Balaban J connectivity index is 2.63. The standard InChI is InChI=1S/C12H23NOSi/c1-5-15(3,4)12-8-6-7-11(9-12)13(2)10-14/h5,10-12H,1,6-9H2,2-4H3. The third-order valence-electron chi connectivity index (χ3n) is 3.97. The topological polar surface area (TPSA) is 20.3 Å². The molecule has 2 unspecified atom stereocenters. The molecular weight excluding hydrogens is 202 g/mol. The highest BCUT2D eigenvalue weighted by molar-refractivity contribution is 6.83. The van der Waals surface area contributed by atoms with E-state index in [2.05, 4.69) is 25.4 Å². The Bertz CT molecular complexity index is 240. The molecule has 1 fully saturated rings. The molecule has 0 heterocycles. The summed E-state index contributed by atoms with van der Waals surface area (Å²) in [6.45, 7) is 8.74. The number of amides is 1. The first-order chi connectivity index (χ1) is 7.01. The van der Waals surface area contributed by atoms with Crippen molar-refractivity contribution in [2.75, 3.05) is 7.05 Å². The molecule has 1 aliphatic rings. The molecule has 0 saturated heterocycles. The van der Waals surface area contributed by atoms with Crippen LogP contribution in [0.1, 0.15) is 25.7 Å². The van der Waals surface area contributed by atoms with Crippen molar-refractivity contribution in [1.82, 2.24) is 4.90 Å². The van der Waals surface area contributed by atoms with E-state index in [1.807, 2.05) is 11.9 Å². The van der Waals surface area contributed by atoms with Gasteiger partial charge in [0, 0.05) is 13.1 Å². The van der Waals surface area contributed by atoms with Gasteiger partial charge in [0.25, 0.3) is 0 Å². The summed E-state index contributed by atoms with van der Waals surface area (Å²) in [7, 11) is 0.650. The summed E-state index contributed by atoms with van der Waals surface area (Å²) in [6.07, 6.45) is 5.91. The molecule has 0 bridgehead atoms. The normalized spacial score (nSPS) is 27.1. The molecule has 0 radical (unpaired) electrons. The van der Waals surface area contributed by atoms with E-state index >= 15 is 0 Å². The van der Waals surface area contributed by atoms with E-state index in [1.54, 1.807) is 0 Å². The van der Waals surface area contributed by atoms with Gasteiger partial charge in [0.05, 0.1) is 8.07 Å². The van der Waals surface area contributed by atoms with E-state index in [4.69, 9.17) is 0 Å². The minimum atomic E-state index is -1.26. The number of carbonyl (C=O) groups is 1. The van der Waals surface area contributed by atoms with E-state index < -0.39 is 8.07 Å². The van der Waals surface area contributed by atoms with Gasteiger partial charge in [-0.05, 0) is 18.4 Å². The van der Waals surface area contributed by atoms with Crippen LogP contribution in [0.4, 0.5) is 0 Å². The maximum atomic E-state index is 10.7. The SMILES string of the molecule is C=C[Si](C)(C)C1CCCC(N(C)C=O)C1. The molecule has 1 saturated carbocycles. The van der Waals surface area contributed by atoms with E-state index in [9.17, 15) is 4.79 Å². The van der Waals surface area contributed by atoms with Crippen molar-refractivity contribution in [3.05, 3.63) is 12.3 Å². The highest BCUT2D eigenvalue weighted by atomic mass is 28.3. The van der Waals surface area contributed by atoms with Gasteiger partial charge in [0.2, 0.25) is 6.41 Å². The molecule has 0 aromatic carbocycles. The summed E-state index contributed by atoms with van der Waals surface area (Å²) >= 11 is 0. The summed E-state index contributed by atoms with van der Waals surface area (Å²) in [4.78, 5) is 12.6. The van der Waals surface area contributed by atoms with Crippen LogP contribution in [-0.4, -0.2) is 32.5 Å². The lowest BCUT2D eigenvalue weighted by Crippen LogP contribution is -2.40. The highest BCUT2D eigenvalue weighted by Gasteiger charge is 2.34. The lowest BCUT2D eigenvalue weighted by molar-refractivity contribution is -0.119. The number of carbonyl (C=O) groups excluding carboxylic acids is 1. The van der Waals surface area contributed by atoms with Crippen LogP contribution in [-0.2, 0) is 4.79 Å². The molecule has 86 valence electrons. The Hall–Kier alpha value is -0.573. The van der Waals surface area contributed by atoms with Gasteiger partial charge in [0.1, 0.15) is 0 Å². The molecule has 0 aromatic heterocycles. The van der Waals surface area contributed by atoms with Gasteiger partial charge in [0.15, 0.2) is 0 Å². The molecule has 0 aliphatic heterocycles. The van der Waals surface area contributed by atoms with Crippen molar-refractivity contribution in [2.24, 2.45) is 0 Å². The zero-order valence-electron chi connectivity index (χ0n) is 10.2. The molecule has 0 aromatic rings. The van der Waals surface area contributed by atoms with Crippen LogP contribution >= 0.6 is 0 Å². The first-order valence-corrected chi connectivity index (χ1v) is 8.97. The number of hydrogen-bond donors (Lipinski definition) is 0. The second kappa shape index (κ2) is 4.97. The van der Waals surface area contributed by atoms with Gasteiger partial charge < -0.3 is 4.90 Å². The summed E-state index contributed by atoms with van der Waals surface area (Å²) in [5.41, 5.74) is 3.00. The van der Waals surface area contributed by atoms with E-state index in [-0.39, 0.29) is 0 Å². The van der Waals surface area contributed by atoms with Crippen LogP contribution in [0.5, 0.6) is 0 Å². The van der Waals surface area contributed by atoms with Crippen LogP contribution in [0.2, 0.25) is 18.6 Å². The molecule has 15 heavy (non-hydrogen) atoms. The van der Waals surface area contributed by atoms with E-state index in [0.717, 1.165) is 12.0 Å². The highest BCUT2D eigenvalue weighted by Crippen LogP contribution is 2.38. The Morgan fingerprint density at radius 2 is 2.07 bits per heavy atom. The number of rotatable bonds is 4. The Kier molecular flexibility index (Phi) is 4.14. The fourth-order valence-corrected chi connectivity index (χ4v) is 4.62. The average Bonchev–Trinajstić information content (AvgIpc) is 2.28. The monoisotopic (exact) mass is 225 g/mol. The largest absolute Gasteiger partial charge is 0.345 e. The second-order valence-electron chi connectivity index (χ2n) is 5.31. The smallest absolute Gasteiger partial charge is 0.209 e. The van der Waals surface area contributed by atoms with Crippen LogP contribution in [0, 0.1) is 0 Å². The molecule has 3 heteroatoms. The maximum absolute atomic E-state index is 10.7. The van der Waals surface area contributed by atoms with E-state index in [0.29, 0.717) is 6.04 Å². The Labute approximate surface area is 94.4 Å². The van der Waals surface area contributed by atoms with Gasteiger partial charge >= 0.3 is 0 Å². The maximum Gasteiger partial charge on any atom is 0.209 e. The van der Waals surface area contributed by atoms with Crippen LogP contribution in [0.15, 0.2) is 12.3 Å². The fourth-order valence-electron chi connectivity index (χ4n) is 2.46. The minimum Gasteiger partial charge on any atom is -0.345 e. The van der Waals surface area contributed by atoms with Crippen molar-refractivity contribution in [3.63, 3.8) is 0 Å². The lowest BCUT2D eigenvalue weighted by Gasteiger charge is -2.39. The van der Waals surface area contributed by atoms with Crippen molar-refractivity contribution in [1.29, 1.82) is 0 Å². The Morgan fingerprint density at radius 1 is 1.40 bits per heavy atom. The van der Waals surface area contributed by atoms with Crippen LogP contribution in [0.25, 0.3) is 0 Å². The predicted molar refractivity (Wildman–Crippen MR) is 67.5 cm³/mol. The zero-order chi connectivity index (χ0) is 11.5. The quantitative estimate of drug-likeness (QED) is 0.532. The van der Waals surface area contributed by atoms with Crippen molar-refractivity contribution >= 4 is 14.5 Å². The second-order valence-corrected chi connectivity index (χ2v) is 10.2. The third-order valence-corrected chi connectivity index (χ3v) is 7.65. The first-order valence-electron chi connectivity index (χ1n) is 5.82. The molecule has 1 rings (SSSR count). The molecule has 0 spiro atoms. The summed E-state index contributed by atoms with van der Waals surface area (Å²) < 4.78 is 0. The Morgan fingerprint density at radius 3 is 2.60 bits per heavy atom. The van der Waals surface area contributed by atoms with Gasteiger partial charge in [-0.3, -0.25) is 4.79 Å². The molecule has 2 nitrogen and oxygen atoms in total. The summed E-state index contributed by atoms with van der Waals surface area (Å²) in [6, 6.07) is 0.466. The minimum absolute atomic E-state index is 0.466. The van der Waals surface area contributed by atoms with Crippen LogP contribution in [0.3, 0.4) is 0 Å². The summed E-state index contributed by atoms with van der Waals surface area (Å²) in [5.74, 6) is 0. The van der Waals surface area contributed by atoms with E-state index in [1.165, 1.54) is 25.7 Å². The van der Waals surface area contributed by atoms with Gasteiger partial charge in [-0.2, -0.15) is 0 Å². The zero-order valence-corrected chi connectivity index (χ0v) is 11.2. The third kappa shape index (κ3) is 2.94. The van der Waals surface area contributed by atoms with Gasteiger partial charge in [-0.1, -0.05) is 25.9 Å². The van der Waals surface area contributed by atoms with Gasteiger partial charge in [-0.15, -0.1) is 12.3 Å². The molecule has 2 atom stereocenters. The van der Waals surface area contributed by atoms with Crippen molar-refractivity contribution < 1.29 is 4.79 Å². The molecular formula is C12H23NOSi. The van der Waals surface area contributed by atoms with Gasteiger partial charge in [-0.25, -0.2) is 0 Å². The number of nitrogens with zero attached hydrogens (tertiary/aromatic N) is 1. The lowest BCUT2D eigenvalue weighted by atomic mass is 9.94. The average molecular weight is 225 g/mol. The predicted octanol–water partition coefficient (Wildman–Crippen LogP) is 2.82. The summed E-state index contributed by atoms with van der Waals surface area (Å²) in [5, 5.41) is 0. The molecule has 1 aliphatic carbocycles. The van der Waals surface area contributed by atoms with Crippen molar-refractivity contribution in [3.8, 4) is 0 Å². The molecule has 0 N–H and O–H groups in total.